The molecule has 1 aliphatic rings. The minimum Gasteiger partial charge on any atom is -0.449 e. The van der Waals surface area contributed by atoms with Crippen LogP contribution in [0.5, 0.6) is 0 Å². The number of ether oxygens (including phenoxy) is 1. The Labute approximate surface area is 186 Å². The number of amides is 2. The Balaban J connectivity index is 1.46. The molecule has 0 saturated carbocycles. The fourth-order valence-corrected chi connectivity index (χ4v) is 3.78. The van der Waals surface area contributed by atoms with Crippen molar-refractivity contribution in [2.45, 2.75) is 25.9 Å². The van der Waals surface area contributed by atoms with Crippen molar-refractivity contribution >= 4 is 29.2 Å². The lowest BCUT2D eigenvalue weighted by atomic mass is 10.00. The smallest absolute Gasteiger partial charge is 0.339 e. The molecule has 0 spiro atoms. The summed E-state index contributed by atoms with van der Waals surface area (Å²) in [5.41, 5.74) is 3.63. The van der Waals surface area contributed by atoms with E-state index >= 15 is 0 Å². The van der Waals surface area contributed by atoms with Crippen LogP contribution in [0, 0.1) is 0 Å². The third-order valence-corrected chi connectivity index (χ3v) is 5.43. The zero-order chi connectivity index (χ0) is 22.5. The molecule has 1 atom stereocenters. The summed E-state index contributed by atoms with van der Waals surface area (Å²) in [6.45, 7) is 1.41. The van der Waals surface area contributed by atoms with Gasteiger partial charge in [-0.1, -0.05) is 60.7 Å². The molecule has 1 unspecified atom stereocenters. The van der Waals surface area contributed by atoms with Crippen LogP contribution in [0.15, 0.2) is 78.9 Å². The molecule has 32 heavy (non-hydrogen) atoms. The van der Waals surface area contributed by atoms with E-state index in [9.17, 15) is 14.4 Å². The maximum absolute atomic E-state index is 13.0. The van der Waals surface area contributed by atoms with Gasteiger partial charge in [0.2, 0.25) is 5.91 Å². The molecule has 6 heteroatoms. The predicted octanol–water partition coefficient (Wildman–Crippen LogP) is 4.00. The monoisotopic (exact) mass is 428 g/mol. The van der Waals surface area contributed by atoms with Gasteiger partial charge in [0.05, 0.1) is 16.9 Å². The molecular weight excluding hydrogens is 404 g/mol. The summed E-state index contributed by atoms with van der Waals surface area (Å²) >= 11 is 0. The quantitative estimate of drug-likeness (QED) is 0.602. The lowest BCUT2D eigenvalue weighted by Gasteiger charge is -2.30. The number of esters is 1. The molecular formula is C26H24N2O4. The number of carbonyl (C=O) groups excluding carboxylic acids is 3. The van der Waals surface area contributed by atoms with E-state index in [2.05, 4.69) is 5.32 Å². The van der Waals surface area contributed by atoms with E-state index in [1.165, 1.54) is 17.4 Å². The maximum atomic E-state index is 13.0. The second-order valence-corrected chi connectivity index (χ2v) is 7.68. The van der Waals surface area contributed by atoms with Gasteiger partial charge in [0.15, 0.2) is 6.10 Å². The van der Waals surface area contributed by atoms with Crippen LogP contribution in [0.25, 0.3) is 0 Å². The summed E-state index contributed by atoms with van der Waals surface area (Å²) in [5.74, 6) is -1.28. The van der Waals surface area contributed by atoms with Gasteiger partial charge in [-0.15, -0.1) is 0 Å². The Hall–Kier alpha value is -3.93. The third kappa shape index (κ3) is 4.70. The van der Waals surface area contributed by atoms with Gasteiger partial charge in [-0.25, -0.2) is 4.79 Å². The van der Waals surface area contributed by atoms with E-state index < -0.39 is 18.0 Å². The molecule has 2 amide bonds. The molecule has 0 aromatic heterocycles. The number of anilines is 2. The highest BCUT2D eigenvalue weighted by atomic mass is 16.5. The van der Waals surface area contributed by atoms with Gasteiger partial charge in [-0.3, -0.25) is 14.5 Å². The minimum atomic E-state index is -1.04. The van der Waals surface area contributed by atoms with Crippen LogP contribution in [0.2, 0.25) is 0 Å². The molecule has 1 aliphatic heterocycles. The van der Waals surface area contributed by atoms with Gasteiger partial charge in [0.1, 0.15) is 6.54 Å². The van der Waals surface area contributed by atoms with E-state index in [0.717, 1.165) is 12.0 Å². The number of hydrogen-bond donors (Lipinski definition) is 1. The van der Waals surface area contributed by atoms with E-state index in [1.807, 2.05) is 42.5 Å². The van der Waals surface area contributed by atoms with Crippen LogP contribution < -0.4 is 10.2 Å². The largest absolute Gasteiger partial charge is 0.449 e. The number of rotatable bonds is 6. The Kier molecular flexibility index (Phi) is 6.31. The third-order valence-electron chi connectivity index (χ3n) is 5.43. The van der Waals surface area contributed by atoms with Crippen molar-refractivity contribution < 1.29 is 19.1 Å². The van der Waals surface area contributed by atoms with Crippen LogP contribution in [0.3, 0.4) is 0 Å². The van der Waals surface area contributed by atoms with Crippen LogP contribution in [-0.2, 0) is 27.2 Å². The van der Waals surface area contributed by atoms with Crippen molar-refractivity contribution in [2.24, 2.45) is 0 Å². The van der Waals surface area contributed by atoms with E-state index in [-0.39, 0.29) is 12.5 Å². The van der Waals surface area contributed by atoms with E-state index in [0.29, 0.717) is 23.4 Å². The first-order chi connectivity index (χ1) is 15.5. The van der Waals surface area contributed by atoms with E-state index in [4.69, 9.17) is 4.74 Å². The fourth-order valence-electron chi connectivity index (χ4n) is 3.78. The van der Waals surface area contributed by atoms with Crippen molar-refractivity contribution in [3.05, 3.63) is 95.6 Å². The Bertz CT molecular complexity index is 1140. The summed E-state index contributed by atoms with van der Waals surface area (Å²) in [4.78, 5) is 39.3. The van der Waals surface area contributed by atoms with Crippen LogP contribution >= 0.6 is 0 Å². The van der Waals surface area contributed by atoms with Crippen molar-refractivity contribution in [2.75, 3.05) is 16.8 Å². The first-order valence-electron chi connectivity index (χ1n) is 10.6. The minimum absolute atomic E-state index is 0.120. The second-order valence-electron chi connectivity index (χ2n) is 7.68. The molecule has 1 N–H and O–H groups in total. The Morgan fingerprint density at radius 2 is 1.62 bits per heavy atom. The van der Waals surface area contributed by atoms with Crippen LogP contribution in [0.4, 0.5) is 11.4 Å². The first kappa shape index (κ1) is 21.3. The van der Waals surface area contributed by atoms with Crippen LogP contribution in [-0.4, -0.2) is 30.4 Å². The van der Waals surface area contributed by atoms with Gasteiger partial charge >= 0.3 is 5.97 Å². The molecule has 0 aliphatic carbocycles. The molecule has 0 saturated heterocycles. The van der Waals surface area contributed by atoms with Crippen molar-refractivity contribution in [1.82, 2.24) is 0 Å². The lowest BCUT2D eigenvalue weighted by molar-refractivity contribution is -0.128. The summed E-state index contributed by atoms with van der Waals surface area (Å²) in [5, 5.41) is 2.74. The number of benzene rings is 3. The zero-order valence-corrected chi connectivity index (χ0v) is 17.8. The predicted molar refractivity (Wildman–Crippen MR) is 123 cm³/mol. The Morgan fingerprint density at radius 3 is 2.44 bits per heavy atom. The molecule has 6 nitrogen and oxygen atoms in total. The van der Waals surface area contributed by atoms with Crippen molar-refractivity contribution in [3.63, 3.8) is 0 Å². The van der Waals surface area contributed by atoms with Gasteiger partial charge < -0.3 is 10.1 Å². The highest BCUT2D eigenvalue weighted by molar-refractivity contribution is 6.11. The molecule has 3 aromatic rings. The van der Waals surface area contributed by atoms with Crippen molar-refractivity contribution in [3.8, 4) is 0 Å². The van der Waals surface area contributed by atoms with Crippen molar-refractivity contribution in [1.29, 1.82) is 0 Å². The highest BCUT2D eigenvalue weighted by Gasteiger charge is 2.31. The van der Waals surface area contributed by atoms with Gasteiger partial charge in [-0.2, -0.15) is 0 Å². The lowest BCUT2D eigenvalue weighted by Crippen LogP contribution is -2.47. The summed E-state index contributed by atoms with van der Waals surface area (Å²) in [6, 6.07) is 24.4. The van der Waals surface area contributed by atoms with Gasteiger partial charge in [0, 0.05) is 0 Å². The van der Waals surface area contributed by atoms with Crippen LogP contribution in [0.1, 0.15) is 28.4 Å². The molecule has 0 bridgehead atoms. The van der Waals surface area contributed by atoms with Gasteiger partial charge in [0.25, 0.3) is 5.91 Å². The number of carbonyl (C=O) groups is 3. The fraction of sp³-hybridized carbons (Fsp3) is 0.192. The summed E-state index contributed by atoms with van der Waals surface area (Å²) < 4.78 is 5.53. The first-order valence-corrected chi connectivity index (χ1v) is 10.6. The molecule has 0 radical (unpaired) electrons. The SMILES string of the molecule is CC(OC(=O)c1ccccc1CCc1ccccc1)C(=O)N1CC(=O)Nc2ccccc21. The number of aryl methyl sites for hydroxylation is 2. The summed E-state index contributed by atoms with van der Waals surface area (Å²) in [6.07, 6.45) is 0.431. The maximum Gasteiger partial charge on any atom is 0.339 e. The molecule has 0 fully saturated rings. The second kappa shape index (κ2) is 9.47. The molecule has 3 aromatic carbocycles. The van der Waals surface area contributed by atoms with Gasteiger partial charge in [-0.05, 0) is 49.1 Å². The Morgan fingerprint density at radius 1 is 0.938 bits per heavy atom. The number of nitrogens with one attached hydrogen (secondary N) is 1. The average molecular weight is 428 g/mol. The normalized spacial score (nSPS) is 13.7. The molecule has 1 heterocycles. The average Bonchev–Trinajstić information content (AvgIpc) is 2.82. The highest BCUT2D eigenvalue weighted by Crippen LogP contribution is 2.29. The number of nitrogens with zero attached hydrogens (tertiary/aromatic N) is 1. The molecule has 162 valence electrons. The number of hydrogen-bond acceptors (Lipinski definition) is 4. The van der Waals surface area contributed by atoms with E-state index in [1.54, 1.807) is 36.4 Å². The number of para-hydroxylation sites is 2. The summed E-state index contributed by atoms with van der Waals surface area (Å²) in [7, 11) is 0. The topological polar surface area (TPSA) is 75.7 Å². The molecule has 4 rings (SSSR count). The number of fused-ring (bicyclic) bond motifs is 1. The zero-order valence-electron chi connectivity index (χ0n) is 17.8. The standard InChI is InChI=1S/C26H24N2O4/c1-18(25(30)28-17-24(29)27-22-13-7-8-14-23(22)28)32-26(31)21-12-6-5-11-20(21)16-15-19-9-3-2-4-10-19/h2-14,18H,15-17H2,1H3,(H,27,29).